The summed E-state index contributed by atoms with van der Waals surface area (Å²) in [6.45, 7) is 5.31. The maximum Gasteiger partial charge on any atom is 0.170 e. The molecule has 0 unspecified atom stereocenters. The molecule has 0 amide bonds. The zero-order valence-electron chi connectivity index (χ0n) is 11.3. The van der Waals surface area contributed by atoms with Crippen LogP contribution >= 0.6 is 0 Å². The van der Waals surface area contributed by atoms with E-state index < -0.39 is 0 Å². The van der Waals surface area contributed by atoms with Gasteiger partial charge in [0.25, 0.3) is 0 Å². The molecule has 102 valence electrons. The Morgan fingerprint density at radius 2 is 2.00 bits per heavy atom. The number of aliphatic hydroxyl groups excluding tert-OH is 1. The van der Waals surface area contributed by atoms with Crippen LogP contribution < -0.4 is 4.90 Å². The van der Waals surface area contributed by atoms with Gasteiger partial charge in [0.05, 0.1) is 19.2 Å². The van der Waals surface area contributed by atoms with Crippen molar-refractivity contribution in [3.63, 3.8) is 0 Å². The van der Waals surface area contributed by atoms with E-state index in [4.69, 9.17) is 0 Å². The Hall–Kier alpha value is -1.95. The molecule has 1 aromatic carbocycles. The molecule has 0 bridgehead atoms. The predicted molar refractivity (Wildman–Crippen MR) is 72.8 cm³/mol. The van der Waals surface area contributed by atoms with Gasteiger partial charge in [-0.3, -0.25) is 0 Å². The summed E-state index contributed by atoms with van der Waals surface area (Å²) in [5, 5.41) is 21.0. The summed E-state index contributed by atoms with van der Waals surface area (Å²) in [6, 6.07) is 10.2. The monoisotopic (exact) mass is 261 g/mol. The normalized spacial score (nSPS) is 10.9. The Kier molecular flexibility index (Phi) is 4.46. The summed E-state index contributed by atoms with van der Waals surface area (Å²) in [7, 11) is 0. The number of anilines is 1. The minimum absolute atomic E-state index is 0.0954. The molecule has 0 saturated carbocycles. The summed E-state index contributed by atoms with van der Waals surface area (Å²) in [6.07, 6.45) is 0. The van der Waals surface area contributed by atoms with E-state index in [-0.39, 0.29) is 12.6 Å². The second-order valence-corrected chi connectivity index (χ2v) is 4.61. The van der Waals surface area contributed by atoms with Crippen LogP contribution in [0, 0.1) is 0 Å². The van der Waals surface area contributed by atoms with Crippen molar-refractivity contribution in [2.45, 2.75) is 26.4 Å². The number of para-hydroxylation sites is 1. The molecule has 0 aliphatic carbocycles. The van der Waals surface area contributed by atoms with Crippen LogP contribution in [0.3, 0.4) is 0 Å². The van der Waals surface area contributed by atoms with E-state index in [2.05, 4.69) is 20.4 Å². The van der Waals surface area contributed by atoms with E-state index >= 15 is 0 Å². The van der Waals surface area contributed by atoms with Gasteiger partial charge in [0.2, 0.25) is 0 Å². The first-order chi connectivity index (χ1) is 9.22. The van der Waals surface area contributed by atoms with Crippen molar-refractivity contribution >= 4 is 5.69 Å². The standard InChI is InChI=1S/C13H19N5O/c1-11(2)18-13(14-15-16-18)10-17(8-9-19)12-6-4-3-5-7-12/h3-7,11,19H,8-10H2,1-2H3. The van der Waals surface area contributed by atoms with Gasteiger partial charge in [0, 0.05) is 12.2 Å². The molecule has 0 saturated heterocycles. The Morgan fingerprint density at radius 1 is 1.26 bits per heavy atom. The van der Waals surface area contributed by atoms with Crippen molar-refractivity contribution in [1.29, 1.82) is 0 Å². The van der Waals surface area contributed by atoms with Crippen molar-refractivity contribution in [3.8, 4) is 0 Å². The zero-order valence-corrected chi connectivity index (χ0v) is 11.3. The van der Waals surface area contributed by atoms with Crippen LogP contribution in [0.5, 0.6) is 0 Å². The van der Waals surface area contributed by atoms with Gasteiger partial charge in [-0.2, -0.15) is 0 Å². The summed E-state index contributed by atoms with van der Waals surface area (Å²) in [5.74, 6) is 0.798. The average Bonchev–Trinajstić information content (AvgIpc) is 2.88. The van der Waals surface area contributed by atoms with E-state index in [1.54, 1.807) is 4.68 Å². The van der Waals surface area contributed by atoms with E-state index in [0.29, 0.717) is 13.1 Å². The lowest BCUT2D eigenvalue weighted by Crippen LogP contribution is -2.28. The lowest BCUT2D eigenvalue weighted by atomic mass is 10.3. The second kappa shape index (κ2) is 6.29. The molecule has 0 atom stereocenters. The van der Waals surface area contributed by atoms with Crippen LogP contribution in [0.1, 0.15) is 25.7 Å². The number of nitrogens with zero attached hydrogens (tertiary/aromatic N) is 5. The highest BCUT2D eigenvalue weighted by Crippen LogP contribution is 2.16. The van der Waals surface area contributed by atoms with Crippen molar-refractivity contribution in [3.05, 3.63) is 36.2 Å². The van der Waals surface area contributed by atoms with Gasteiger partial charge in [-0.05, 0) is 36.4 Å². The summed E-state index contributed by atoms with van der Waals surface area (Å²) in [5.41, 5.74) is 1.05. The minimum atomic E-state index is 0.0954. The molecular formula is C13H19N5O. The van der Waals surface area contributed by atoms with Crippen molar-refractivity contribution < 1.29 is 5.11 Å². The molecule has 6 nitrogen and oxygen atoms in total. The predicted octanol–water partition coefficient (Wildman–Crippen LogP) is 1.25. The van der Waals surface area contributed by atoms with Crippen LogP contribution in [0.25, 0.3) is 0 Å². The van der Waals surface area contributed by atoms with Gasteiger partial charge in [-0.25, -0.2) is 4.68 Å². The Bertz CT molecular complexity index is 497. The van der Waals surface area contributed by atoms with Gasteiger partial charge in [0.1, 0.15) is 0 Å². The van der Waals surface area contributed by atoms with Gasteiger partial charge >= 0.3 is 0 Å². The molecular weight excluding hydrogens is 242 g/mol. The molecule has 0 fully saturated rings. The van der Waals surface area contributed by atoms with Gasteiger partial charge in [-0.1, -0.05) is 18.2 Å². The minimum Gasteiger partial charge on any atom is -0.395 e. The number of tetrazole rings is 1. The Morgan fingerprint density at radius 3 is 2.63 bits per heavy atom. The van der Waals surface area contributed by atoms with E-state index in [1.807, 2.05) is 44.2 Å². The number of hydrogen-bond acceptors (Lipinski definition) is 5. The second-order valence-electron chi connectivity index (χ2n) is 4.61. The average molecular weight is 261 g/mol. The summed E-state index contributed by atoms with van der Waals surface area (Å²) >= 11 is 0. The van der Waals surface area contributed by atoms with Crippen LogP contribution in [0.2, 0.25) is 0 Å². The molecule has 19 heavy (non-hydrogen) atoms. The molecule has 1 aromatic heterocycles. The number of rotatable bonds is 6. The van der Waals surface area contributed by atoms with E-state index in [1.165, 1.54) is 0 Å². The lowest BCUT2D eigenvalue weighted by molar-refractivity contribution is 0.300. The number of benzene rings is 1. The van der Waals surface area contributed by atoms with Gasteiger partial charge < -0.3 is 10.0 Å². The van der Waals surface area contributed by atoms with E-state index in [9.17, 15) is 5.11 Å². The fraction of sp³-hybridized carbons (Fsp3) is 0.462. The van der Waals surface area contributed by atoms with Crippen molar-refractivity contribution in [2.24, 2.45) is 0 Å². The molecule has 6 heteroatoms. The topological polar surface area (TPSA) is 67.1 Å². The highest BCUT2D eigenvalue weighted by Gasteiger charge is 2.14. The smallest absolute Gasteiger partial charge is 0.170 e. The lowest BCUT2D eigenvalue weighted by Gasteiger charge is -2.23. The Balaban J connectivity index is 2.19. The first-order valence-electron chi connectivity index (χ1n) is 6.40. The van der Waals surface area contributed by atoms with Crippen LogP contribution in [-0.2, 0) is 6.54 Å². The molecule has 2 rings (SSSR count). The van der Waals surface area contributed by atoms with Gasteiger partial charge in [-0.15, -0.1) is 5.10 Å². The number of hydrogen-bond donors (Lipinski definition) is 1. The SMILES string of the molecule is CC(C)n1nnnc1CN(CCO)c1ccccc1. The number of aromatic nitrogens is 4. The molecule has 0 spiro atoms. The third kappa shape index (κ3) is 3.29. The first kappa shape index (κ1) is 13.5. The largest absolute Gasteiger partial charge is 0.395 e. The highest BCUT2D eigenvalue weighted by atomic mass is 16.3. The molecule has 1 N–H and O–H groups in total. The van der Waals surface area contributed by atoms with Crippen molar-refractivity contribution in [1.82, 2.24) is 20.2 Å². The summed E-state index contributed by atoms with van der Waals surface area (Å²) < 4.78 is 1.80. The third-order valence-electron chi connectivity index (χ3n) is 2.87. The van der Waals surface area contributed by atoms with Crippen LogP contribution in [0.15, 0.2) is 30.3 Å². The fourth-order valence-electron chi connectivity index (χ4n) is 1.95. The van der Waals surface area contributed by atoms with Gasteiger partial charge in [0.15, 0.2) is 5.82 Å². The fourth-order valence-corrected chi connectivity index (χ4v) is 1.95. The third-order valence-corrected chi connectivity index (χ3v) is 2.87. The molecule has 0 aliphatic heterocycles. The quantitative estimate of drug-likeness (QED) is 0.847. The highest BCUT2D eigenvalue weighted by molar-refractivity contribution is 5.45. The molecule has 0 radical (unpaired) electrons. The van der Waals surface area contributed by atoms with E-state index in [0.717, 1.165) is 11.5 Å². The maximum atomic E-state index is 9.20. The maximum absolute atomic E-state index is 9.20. The molecule has 1 heterocycles. The molecule has 2 aromatic rings. The number of aliphatic hydroxyl groups is 1. The Labute approximate surface area is 112 Å². The zero-order chi connectivity index (χ0) is 13.7. The first-order valence-corrected chi connectivity index (χ1v) is 6.40. The van der Waals surface area contributed by atoms with Crippen LogP contribution in [-0.4, -0.2) is 38.5 Å². The molecule has 0 aliphatic rings. The summed E-state index contributed by atoms with van der Waals surface area (Å²) in [4.78, 5) is 2.06. The van der Waals surface area contributed by atoms with Crippen LogP contribution in [0.4, 0.5) is 5.69 Å². The van der Waals surface area contributed by atoms with Crippen molar-refractivity contribution in [2.75, 3.05) is 18.1 Å².